The van der Waals surface area contributed by atoms with Crippen LogP contribution in [0.2, 0.25) is 0 Å². The molecule has 0 unspecified atom stereocenters. The van der Waals surface area contributed by atoms with Gasteiger partial charge in [0.2, 0.25) is 0 Å². The lowest BCUT2D eigenvalue weighted by Gasteiger charge is -2.05. The quantitative estimate of drug-likeness (QED) is 0.648. The Morgan fingerprint density at radius 1 is 1.31 bits per heavy atom. The highest BCUT2D eigenvalue weighted by atomic mass is 14.9. The molecule has 0 spiro atoms. The molecule has 0 saturated heterocycles. The van der Waals surface area contributed by atoms with E-state index < -0.39 is 0 Å². The first-order valence-corrected chi connectivity index (χ1v) is 4.40. The normalized spacial score (nSPS) is 17.9. The second-order valence-electron chi connectivity index (χ2n) is 3.67. The molecule has 0 aliphatic heterocycles. The Hall–Kier alpha value is -1.43. The van der Waals surface area contributed by atoms with Crippen molar-refractivity contribution in [1.29, 1.82) is 5.26 Å². The third-order valence-electron chi connectivity index (χ3n) is 2.37. The van der Waals surface area contributed by atoms with Crippen LogP contribution in [0.1, 0.15) is 30.1 Å². The lowest BCUT2D eigenvalue weighted by atomic mass is 10.1. The smallest absolute Gasteiger partial charge is 0.149 e. The van der Waals surface area contributed by atoms with Gasteiger partial charge >= 0.3 is 0 Å². The second-order valence-corrected chi connectivity index (χ2v) is 3.67. The van der Waals surface area contributed by atoms with Crippen LogP contribution in [-0.2, 0) is 5.41 Å². The van der Waals surface area contributed by atoms with Crippen molar-refractivity contribution in [1.82, 2.24) is 9.97 Å². The number of hydrogen-bond acceptors (Lipinski definition) is 3. The van der Waals surface area contributed by atoms with Crippen LogP contribution in [0, 0.1) is 25.2 Å². The summed E-state index contributed by atoms with van der Waals surface area (Å²) in [7, 11) is 0. The maximum atomic E-state index is 8.96. The number of nitriles is 1. The minimum absolute atomic E-state index is 0.350. The molecule has 0 amide bonds. The molecule has 1 aliphatic rings. The van der Waals surface area contributed by atoms with Gasteiger partial charge in [0.15, 0.2) is 0 Å². The van der Waals surface area contributed by atoms with Gasteiger partial charge in [0.25, 0.3) is 0 Å². The molecule has 0 N–H and O–H groups in total. The van der Waals surface area contributed by atoms with E-state index in [4.69, 9.17) is 5.26 Å². The van der Waals surface area contributed by atoms with Gasteiger partial charge in [0.05, 0.1) is 6.07 Å². The average Bonchev–Trinajstić information content (AvgIpc) is 2.82. The van der Waals surface area contributed by atoms with E-state index in [1.807, 2.05) is 19.9 Å². The summed E-state index contributed by atoms with van der Waals surface area (Å²) in [5.74, 6) is 0.715. The van der Waals surface area contributed by atoms with Gasteiger partial charge in [-0.25, -0.2) is 9.97 Å². The Bertz CT molecular complexity index is 365. The van der Waals surface area contributed by atoms with Crippen LogP contribution in [0.4, 0.5) is 0 Å². The standard InChI is InChI=1S/C10H11N3/c1-7-5-8(2)13-9(12-7)10(6-11)3-4-10/h5H,3-4H2,1-2H3. The number of aromatic nitrogens is 2. The van der Waals surface area contributed by atoms with Crippen molar-refractivity contribution in [3.05, 3.63) is 23.3 Å². The number of hydrogen-bond donors (Lipinski definition) is 0. The third-order valence-corrected chi connectivity index (χ3v) is 2.37. The highest BCUT2D eigenvalue weighted by Crippen LogP contribution is 2.45. The van der Waals surface area contributed by atoms with Gasteiger partial charge in [-0.2, -0.15) is 5.26 Å². The SMILES string of the molecule is Cc1cc(C)nc(C2(C#N)CC2)n1. The molecule has 0 radical (unpaired) electrons. The maximum Gasteiger partial charge on any atom is 0.149 e. The van der Waals surface area contributed by atoms with Crippen molar-refractivity contribution in [2.75, 3.05) is 0 Å². The summed E-state index contributed by atoms with van der Waals surface area (Å²) in [6.07, 6.45) is 1.82. The van der Waals surface area contributed by atoms with E-state index in [0.717, 1.165) is 24.2 Å². The molecule has 3 heteroatoms. The van der Waals surface area contributed by atoms with Gasteiger partial charge < -0.3 is 0 Å². The topological polar surface area (TPSA) is 49.6 Å². The fraction of sp³-hybridized carbons (Fsp3) is 0.500. The van der Waals surface area contributed by atoms with Crippen molar-refractivity contribution in [3.8, 4) is 6.07 Å². The summed E-state index contributed by atoms with van der Waals surface area (Å²) < 4.78 is 0. The van der Waals surface area contributed by atoms with Crippen molar-refractivity contribution in [2.45, 2.75) is 32.1 Å². The van der Waals surface area contributed by atoms with E-state index in [9.17, 15) is 0 Å². The molecule has 1 aliphatic carbocycles. The van der Waals surface area contributed by atoms with Crippen LogP contribution in [0.15, 0.2) is 6.07 Å². The summed E-state index contributed by atoms with van der Waals surface area (Å²) in [5, 5.41) is 8.96. The highest BCUT2D eigenvalue weighted by molar-refractivity contribution is 5.30. The summed E-state index contributed by atoms with van der Waals surface area (Å²) >= 11 is 0. The van der Waals surface area contributed by atoms with Crippen LogP contribution >= 0.6 is 0 Å². The third kappa shape index (κ3) is 1.29. The van der Waals surface area contributed by atoms with Crippen molar-refractivity contribution in [2.24, 2.45) is 0 Å². The van der Waals surface area contributed by atoms with Crippen LogP contribution in [0.3, 0.4) is 0 Å². The van der Waals surface area contributed by atoms with Gasteiger partial charge in [0, 0.05) is 11.4 Å². The predicted octanol–water partition coefficient (Wildman–Crippen LogP) is 1.65. The molecular weight excluding hydrogens is 162 g/mol. The number of nitrogens with zero attached hydrogens (tertiary/aromatic N) is 3. The molecule has 66 valence electrons. The summed E-state index contributed by atoms with van der Waals surface area (Å²) in [6.45, 7) is 3.87. The zero-order valence-corrected chi connectivity index (χ0v) is 7.83. The Morgan fingerprint density at radius 2 is 1.85 bits per heavy atom. The van der Waals surface area contributed by atoms with Crippen LogP contribution in [-0.4, -0.2) is 9.97 Å². The van der Waals surface area contributed by atoms with Crippen LogP contribution in [0.25, 0.3) is 0 Å². The van der Waals surface area contributed by atoms with E-state index in [-0.39, 0.29) is 5.41 Å². The van der Waals surface area contributed by atoms with E-state index >= 15 is 0 Å². The molecule has 1 fully saturated rings. The first-order chi connectivity index (χ1) is 6.16. The Labute approximate surface area is 77.4 Å². The van der Waals surface area contributed by atoms with Gasteiger partial charge in [-0.15, -0.1) is 0 Å². The molecular formula is C10H11N3. The lowest BCUT2D eigenvalue weighted by Crippen LogP contribution is -2.10. The second kappa shape index (κ2) is 2.53. The molecule has 0 bridgehead atoms. The molecule has 1 saturated carbocycles. The molecule has 2 rings (SSSR count). The van der Waals surface area contributed by atoms with E-state index in [2.05, 4.69) is 16.0 Å². The monoisotopic (exact) mass is 173 g/mol. The summed E-state index contributed by atoms with van der Waals surface area (Å²) in [4.78, 5) is 8.61. The zero-order valence-electron chi connectivity index (χ0n) is 7.83. The zero-order chi connectivity index (χ0) is 9.47. The maximum absolute atomic E-state index is 8.96. The first kappa shape index (κ1) is 8.18. The first-order valence-electron chi connectivity index (χ1n) is 4.40. The lowest BCUT2D eigenvalue weighted by molar-refractivity contribution is 0.777. The summed E-state index contributed by atoms with van der Waals surface area (Å²) in [6, 6.07) is 4.23. The van der Waals surface area contributed by atoms with Crippen molar-refractivity contribution in [3.63, 3.8) is 0 Å². The highest BCUT2D eigenvalue weighted by Gasteiger charge is 2.47. The van der Waals surface area contributed by atoms with Gasteiger partial charge in [-0.1, -0.05) is 0 Å². The van der Waals surface area contributed by atoms with Gasteiger partial charge in [-0.3, -0.25) is 0 Å². The average molecular weight is 173 g/mol. The minimum atomic E-state index is -0.350. The molecule has 1 heterocycles. The fourth-order valence-electron chi connectivity index (χ4n) is 1.45. The van der Waals surface area contributed by atoms with Crippen LogP contribution < -0.4 is 0 Å². The van der Waals surface area contributed by atoms with Crippen molar-refractivity contribution < 1.29 is 0 Å². The molecule has 1 aromatic rings. The van der Waals surface area contributed by atoms with Crippen LogP contribution in [0.5, 0.6) is 0 Å². The molecule has 13 heavy (non-hydrogen) atoms. The predicted molar refractivity (Wildman–Crippen MR) is 48.0 cm³/mol. The fourth-order valence-corrected chi connectivity index (χ4v) is 1.45. The Balaban J connectivity index is 2.48. The summed E-state index contributed by atoms with van der Waals surface area (Å²) in [5.41, 5.74) is 1.55. The number of rotatable bonds is 1. The van der Waals surface area contributed by atoms with E-state index in [1.54, 1.807) is 0 Å². The van der Waals surface area contributed by atoms with Gasteiger partial charge in [0.1, 0.15) is 11.2 Å². The number of aryl methyl sites for hydroxylation is 2. The molecule has 3 nitrogen and oxygen atoms in total. The Morgan fingerprint density at radius 3 is 2.23 bits per heavy atom. The van der Waals surface area contributed by atoms with E-state index in [1.165, 1.54) is 0 Å². The van der Waals surface area contributed by atoms with Gasteiger partial charge in [-0.05, 0) is 32.8 Å². The van der Waals surface area contributed by atoms with E-state index in [0.29, 0.717) is 5.82 Å². The largest absolute Gasteiger partial charge is 0.236 e. The van der Waals surface area contributed by atoms with Crippen molar-refractivity contribution >= 4 is 0 Å². The molecule has 0 atom stereocenters. The minimum Gasteiger partial charge on any atom is -0.236 e. The molecule has 1 aromatic heterocycles. The Kier molecular flexibility index (Phi) is 1.59. The molecule has 0 aromatic carbocycles.